The molecule has 1 amide bonds. The summed E-state index contributed by atoms with van der Waals surface area (Å²) in [7, 11) is 0. The van der Waals surface area contributed by atoms with Crippen molar-refractivity contribution in [1.82, 2.24) is 4.90 Å². The maximum absolute atomic E-state index is 12.8. The highest BCUT2D eigenvalue weighted by atomic mass is 16.5. The lowest BCUT2D eigenvalue weighted by atomic mass is 9.83. The van der Waals surface area contributed by atoms with Crippen LogP contribution in [0.2, 0.25) is 0 Å². The normalized spacial score (nSPS) is 30.1. The number of aliphatic carboxylic acids is 1. The van der Waals surface area contributed by atoms with E-state index in [2.05, 4.69) is 6.92 Å². The number of amides is 1. The van der Waals surface area contributed by atoms with Crippen molar-refractivity contribution in [3.8, 4) is 0 Å². The molecule has 24 heavy (non-hydrogen) atoms. The second-order valence-electron chi connectivity index (χ2n) is 6.75. The van der Waals surface area contributed by atoms with Crippen molar-refractivity contribution >= 4 is 18.0 Å². The van der Waals surface area contributed by atoms with Crippen LogP contribution in [0.1, 0.15) is 38.2 Å². The van der Waals surface area contributed by atoms with Crippen LogP contribution in [0, 0.1) is 5.92 Å². The van der Waals surface area contributed by atoms with Crippen molar-refractivity contribution in [2.45, 2.75) is 44.4 Å². The molecule has 1 N–H and O–H groups in total. The van der Waals surface area contributed by atoms with Crippen LogP contribution in [0.3, 0.4) is 0 Å². The van der Waals surface area contributed by atoms with Gasteiger partial charge in [0.2, 0.25) is 5.91 Å². The number of carboxylic acid groups (broad SMARTS) is 1. The molecule has 1 aliphatic carbocycles. The fourth-order valence-corrected chi connectivity index (χ4v) is 3.61. The quantitative estimate of drug-likeness (QED) is 0.866. The predicted molar refractivity (Wildman–Crippen MR) is 90.1 cm³/mol. The van der Waals surface area contributed by atoms with Crippen LogP contribution in [0.15, 0.2) is 36.4 Å². The Balaban J connectivity index is 1.83. The molecular formula is C19H23NO4. The van der Waals surface area contributed by atoms with Crippen LogP contribution < -0.4 is 0 Å². The topological polar surface area (TPSA) is 66.8 Å². The first-order chi connectivity index (χ1) is 11.5. The molecule has 2 fully saturated rings. The van der Waals surface area contributed by atoms with Gasteiger partial charge in [0, 0.05) is 6.08 Å². The molecule has 1 aromatic rings. The van der Waals surface area contributed by atoms with Gasteiger partial charge in [-0.1, -0.05) is 37.3 Å². The molecule has 5 nitrogen and oxygen atoms in total. The van der Waals surface area contributed by atoms with Gasteiger partial charge in [0.15, 0.2) is 6.04 Å². The number of carbonyl (C=O) groups is 2. The van der Waals surface area contributed by atoms with E-state index in [0.29, 0.717) is 18.8 Å². The van der Waals surface area contributed by atoms with E-state index >= 15 is 0 Å². The summed E-state index contributed by atoms with van der Waals surface area (Å²) in [4.78, 5) is 25.8. The second kappa shape index (κ2) is 6.77. The van der Waals surface area contributed by atoms with Crippen molar-refractivity contribution in [2.75, 3.05) is 6.61 Å². The summed E-state index contributed by atoms with van der Waals surface area (Å²) in [6.45, 7) is 2.24. The Morgan fingerprint density at radius 3 is 2.54 bits per heavy atom. The van der Waals surface area contributed by atoms with E-state index in [-0.39, 0.29) is 12.5 Å². The molecule has 1 aromatic carbocycles. The molecule has 1 atom stereocenters. The summed E-state index contributed by atoms with van der Waals surface area (Å²) in [5, 5.41) is 9.49. The molecule has 1 saturated heterocycles. The zero-order chi connectivity index (χ0) is 17.2. The summed E-state index contributed by atoms with van der Waals surface area (Å²) >= 11 is 0. The Kier molecular flexibility index (Phi) is 4.71. The molecular weight excluding hydrogens is 306 g/mol. The van der Waals surface area contributed by atoms with E-state index in [0.717, 1.165) is 18.4 Å². The molecule has 0 bridgehead atoms. The fourth-order valence-electron chi connectivity index (χ4n) is 3.61. The molecule has 128 valence electrons. The van der Waals surface area contributed by atoms with Gasteiger partial charge < -0.3 is 9.84 Å². The van der Waals surface area contributed by atoms with Crippen LogP contribution in [-0.4, -0.2) is 40.3 Å². The number of ether oxygens (including phenoxy) is 1. The molecule has 0 radical (unpaired) electrons. The largest absolute Gasteiger partial charge is 0.480 e. The Bertz CT molecular complexity index is 632. The molecule has 1 saturated carbocycles. The maximum Gasteiger partial charge on any atom is 0.328 e. The number of carbonyl (C=O) groups excluding carboxylic acids is 1. The minimum atomic E-state index is -1.01. The van der Waals surface area contributed by atoms with Gasteiger partial charge in [0.05, 0.1) is 6.61 Å². The van der Waals surface area contributed by atoms with Gasteiger partial charge in [-0.3, -0.25) is 9.69 Å². The van der Waals surface area contributed by atoms with Crippen LogP contribution in [0.4, 0.5) is 0 Å². The zero-order valence-electron chi connectivity index (χ0n) is 13.9. The van der Waals surface area contributed by atoms with Gasteiger partial charge in [0.1, 0.15) is 5.72 Å². The van der Waals surface area contributed by atoms with Gasteiger partial charge in [0.25, 0.3) is 0 Å². The predicted octanol–water partition coefficient (Wildman–Crippen LogP) is 2.92. The lowest BCUT2D eigenvalue weighted by Crippen LogP contribution is -2.54. The Morgan fingerprint density at radius 2 is 1.92 bits per heavy atom. The molecule has 1 spiro atoms. The number of carboxylic acids is 1. The van der Waals surface area contributed by atoms with E-state index in [9.17, 15) is 14.7 Å². The summed E-state index contributed by atoms with van der Waals surface area (Å²) in [5.41, 5.74) is 0.150. The average Bonchev–Trinajstić information content (AvgIpc) is 2.96. The van der Waals surface area contributed by atoms with Crippen LogP contribution in [0.5, 0.6) is 0 Å². The molecule has 0 unspecified atom stereocenters. The number of rotatable bonds is 3. The lowest BCUT2D eigenvalue weighted by molar-refractivity contribution is -0.160. The van der Waals surface area contributed by atoms with Crippen LogP contribution >= 0.6 is 0 Å². The van der Waals surface area contributed by atoms with Crippen LogP contribution in [-0.2, 0) is 14.3 Å². The maximum atomic E-state index is 12.8. The Labute approximate surface area is 141 Å². The van der Waals surface area contributed by atoms with Gasteiger partial charge in [-0.2, -0.15) is 0 Å². The van der Waals surface area contributed by atoms with Crippen molar-refractivity contribution in [3.63, 3.8) is 0 Å². The summed E-state index contributed by atoms with van der Waals surface area (Å²) < 4.78 is 5.88. The van der Waals surface area contributed by atoms with E-state index < -0.39 is 17.7 Å². The number of hydrogen-bond donors (Lipinski definition) is 1. The highest BCUT2D eigenvalue weighted by Gasteiger charge is 2.53. The van der Waals surface area contributed by atoms with Gasteiger partial charge in [-0.15, -0.1) is 0 Å². The number of nitrogens with zero attached hydrogens (tertiary/aromatic N) is 1. The van der Waals surface area contributed by atoms with Crippen molar-refractivity contribution in [1.29, 1.82) is 0 Å². The highest BCUT2D eigenvalue weighted by Crippen LogP contribution is 2.42. The third kappa shape index (κ3) is 3.22. The van der Waals surface area contributed by atoms with E-state index in [1.807, 2.05) is 30.3 Å². The minimum absolute atomic E-state index is 0.0641. The van der Waals surface area contributed by atoms with Crippen LogP contribution in [0.25, 0.3) is 6.08 Å². The molecule has 0 aromatic heterocycles. The molecule has 1 aliphatic heterocycles. The number of hydrogen-bond acceptors (Lipinski definition) is 3. The average molecular weight is 329 g/mol. The monoisotopic (exact) mass is 329 g/mol. The molecule has 5 heteroatoms. The van der Waals surface area contributed by atoms with Crippen molar-refractivity contribution in [2.24, 2.45) is 5.92 Å². The third-order valence-electron chi connectivity index (χ3n) is 5.06. The Morgan fingerprint density at radius 1 is 1.25 bits per heavy atom. The first-order valence-corrected chi connectivity index (χ1v) is 8.45. The number of benzene rings is 1. The second-order valence-corrected chi connectivity index (χ2v) is 6.75. The lowest BCUT2D eigenvalue weighted by Gasteiger charge is -2.42. The van der Waals surface area contributed by atoms with Gasteiger partial charge in [-0.05, 0) is 43.2 Å². The minimum Gasteiger partial charge on any atom is -0.480 e. The Hall–Kier alpha value is -2.14. The summed E-state index contributed by atoms with van der Waals surface area (Å²) in [5.74, 6) is -0.717. The smallest absolute Gasteiger partial charge is 0.328 e. The van der Waals surface area contributed by atoms with Crippen molar-refractivity contribution in [3.05, 3.63) is 42.0 Å². The van der Waals surface area contributed by atoms with Crippen molar-refractivity contribution < 1.29 is 19.4 Å². The zero-order valence-corrected chi connectivity index (χ0v) is 13.9. The highest BCUT2D eigenvalue weighted by molar-refractivity contribution is 5.95. The molecule has 2 aliphatic rings. The summed E-state index contributed by atoms with van der Waals surface area (Å²) in [6, 6.07) is 8.59. The van der Waals surface area contributed by atoms with Gasteiger partial charge in [-0.25, -0.2) is 4.79 Å². The molecule has 1 heterocycles. The summed E-state index contributed by atoms with van der Waals surface area (Å²) in [6.07, 6.45) is 6.46. The molecule has 3 rings (SSSR count). The van der Waals surface area contributed by atoms with E-state index in [1.165, 1.54) is 11.0 Å². The standard InChI is InChI=1S/C19H23NO4/c1-14-9-11-19(12-10-14)20(16(13-24-19)18(22)23)17(21)8-7-15-5-3-2-4-6-15/h2-8,14,16H,9-13H2,1H3,(H,22,23)/b8-7-/t14?,16-,19?/m1/s1. The first kappa shape index (κ1) is 16.7. The fraction of sp³-hybridized carbons (Fsp3) is 0.474. The van der Waals surface area contributed by atoms with Gasteiger partial charge >= 0.3 is 5.97 Å². The third-order valence-corrected chi connectivity index (χ3v) is 5.06. The SMILES string of the molecule is CC1CCC2(CC1)OC[C@H](C(=O)O)N2C(=O)/C=C\c1ccccc1. The van der Waals surface area contributed by atoms with E-state index in [1.54, 1.807) is 6.08 Å². The first-order valence-electron chi connectivity index (χ1n) is 8.45. The van der Waals surface area contributed by atoms with E-state index in [4.69, 9.17) is 4.74 Å².